The number of hydrogen-bond donors (Lipinski definition) is 0. The molecular formula is C14H7Br2NO3S. The van der Waals surface area contributed by atoms with Crippen LogP contribution >= 0.6 is 43.2 Å². The van der Waals surface area contributed by atoms with Crippen LogP contribution in [0.1, 0.15) is 31.1 Å². The molecule has 4 nitrogen and oxygen atoms in total. The minimum Gasteiger partial charge on any atom is -0.292 e. The Morgan fingerprint density at radius 2 is 1.67 bits per heavy atom. The molecule has 0 bridgehead atoms. The van der Waals surface area contributed by atoms with E-state index in [0.717, 1.165) is 8.69 Å². The maximum Gasteiger partial charge on any atom is 0.261 e. The minimum absolute atomic E-state index is 0.256. The summed E-state index contributed by atoms with van der Waals surface area (Å²) in [6, 6.07) is 8.26. The highest BCUT2D eigenvalue weighted by molar-refractivity contribution is 9.12. The highest BCUT2D eigenvalue weighted by Gasteiger charge is 2.36. The van der Waals surface area contributed by atoms with Gasteiger partial charge in [-0.15, -0.1) is 11.3 Å². The third-order valence-corrected chi connectivity index (χ3v) is 5.48. The van der Waals surface area contributed by atoms with E-state index in [2.05, 4.69) is 31.9 Å². The number of nitrogens with zero attached hydrogens (tertiary/aromatic N) is 1. The van der Waals surface area contributed by atoms with Crippen molar-refractivity contribution in [2.45, 2.75) is 0 Å². The number of Topliss-reactive ketones (excluding diaryl/α,β-unsaturated/α-hetero) is 1. The first-order chi connectivity index (χ1) is 9.99. The molecule has 0 saturated carbocycles. The third kappa shape index (κ3) is 2.49. The molecule has 0 N–H and O–H groups in total. The van der Waals surface area contributed by atoms with E-state index >= 15 is 0 Å². The number of hydrogen-bond acceptors (Lipinski definition) is 4. The van der Waals surface area contributed by atoms with Crippen LogP contribution in [0.2, 0.25) is 0 Å². The summed E-state index contributed by atoms with van der Waals surface area (Å²) in [5.41, 5.74) is 1.16. The predicted molar refractivity (Wildman–Crippen MR) is 85.9 cm³/mol. The number of halogens is 2. The largest absolute Gasteiger partial charge is 0.292 e. The highest BCUT2D eigenvalue weighted by Crippen LogP contribution is 2.32. The van der Waals surface area contributed by atoms with Crippen molar-refractivity contribution < 1.29 is 14.4 Å². The van der Waals surface area contributed by atoms with Crippen LogP contribution < -0.4 is 0 Å². The average Bonchev–Trinajstić information content (AvgIpc) is 2.92. The van der Waals surface area contributed by atoms with E-state index in [-0.39, 0.29) is 12.3 Å². The van der Waals surface area contributed by atoms with Gasteiger partial charge in [-0.25, -0.2) is 0 Å². The Bertz CT molecular complexity index is 749. The van der Waals surface area contributed by atoms with Crippen molar-refractivity contribution in [3.63, 3.8) is 0 Å². The molecule has 3 rings (SSSR count). The van der Waals surface area contributed by atoms with Gasteiger partial charge in [0.15, 0.2) is 5.78 Å². The van der Waals surface area contributed by atoms with Crippen LogP contribution in [0.4, 0.5) is 0 Å². The number of ketones is 1. The molecule has 2 amide bonds. The van der Waals surface area contributed by atoms with Crippen molar-refractivity contribution in [1.29, 1.82) is 0 Å². The quantitative estimate of drug-likeness (QED) is 0.552. The van der Waals surface area contributed by atoms with Crippen LogP contribution in [0.15, 0.2) is 37.9 Å². The average molecular weight is 429 g/mol. The summed E-state index contributed by atoms with van der Waals surface area (Å²) in [5, 5.41) is 0. The van der Waals surface area contributed by atoms with Gasteiger partial charge in [0.1, 0.15) is 0 Å². The monoisotopic (exact) mass is 427 g/mol. The van der Waals surface area contributed by atoms with Crippen LogP contribution in [0, 0.1) is 0 Å². The lowest BCUT2D eigenvalue weighted by Gasteiger charge is -2.12. The second-order valence-corrected chi connectivity index (χ2v) is 8.15. The van der Waals surface area contributed by atoms with Crippen LogP contribution in [0.5, 0.6) is 0 Å². The number of rotatable bonds is 3. The van der Waals surface area contributed by atoms with Crippen LogP contribution in [0.25, 0.3) is 0 Å². The van der Waals surface area contributed by atoms with Gasteiger partial charge in [-0.3, -0.25) is 19.3 Å². The number of imide groups is 1. The molecule has 1 aliphatic rings. The molecule has 0 spiro atoms. The molecule has 21 heavy (non-hydrogen) atoms. The van der Waals surface area contributed by atoms with Gasteiger partial charge in [0, 0.05) is 5.56 Å². The summed E-state index contributed by atoms with van der Waals surface area (Å²) in [4.78, 5) is 37.7. The zero-order chi connectivity index (χ0) is 15.1. The van der Waals surface area contributed by atoms with E-state index in [4.69, 9.17) is 0 Å². The summed E-state index contributed by atoms with van der Waals surface area (Å²) < 4.78 is 1.48. The van der Waals surface area contributed by atoms with E-state index in [1.165, 1.54) is 11.3 Å². The van der Waals surface area contributed by atoms with E-state index in [1.807, 2.05) is 0 Å². The minimum atomic E-state index is -0.422. The van der Waals surface area contributed by atoms with Gasteiger partial charge in [-0.05, 0) is 50.1 Å². The first kappa shape index (κ1) is 14.6. The molecule has 0 radical (unpaired) electrons. The van der Waals surface area contributed by atoms with Crippen LogP contribution in [0.3, 0.4) is 0 Å². The van der Waals surface area contributed by atoms with E-state index in [1.54, 1.807) is 30.3 Å². The SMILES string of the molecule is O=C(CN1C(=O)c2ccccc2C1=O)c1cc(Br)sc1Br. The van der Waals surface area contributed by atoms with Crippen LogP contribution in [-0.4, -0.2) is 29.0 Å². The fourth-order valence-electron chi connectivity index (χ4n) is 2.14. The summed E-state index contributed by atoms with van der Waals surface area (Å²) in [6.45, 7) is -0.256. The molecule has 106 valence electrons. The van der Waals surface area contributed by atoms with Crippen molar-refractivity contribution >= 4 is 60.8 Å². The molecule has 0 saturated heterocycles. The molecular weight excluding hydrogens is 422 g/mol. The molecule has 2 aromatic rings. The fraction of sp³-hybridized carbons (Fsp3) is 0.0714. The van der Waals surface area contributed by atoms with Gasteiger partial charge in [0.05, 0.1) is 25.2 Å². The van der Waals surface area contributed by atoms with Gasteiger partial charge < -0.3 is 0 Å². The van der Waals surface area contributed by atoms with E-state index < -0.39 is 11.8 Å². The van der Waals surface area contributed by atoms with Crippen LogP contribution in [-0.2, 0) is 0 Å². The molecule has 2 heterocycles. The zero-order valence-corrected chi connectivity index (χ0v) is 14.4. The van der Waals surface area contributed by atoms with Gasteiger partial charge in [0.25, 0.3) is 11.8 Å². The number of benzene rings is 1. The molecule has 0 unspecified atom stereocenters. The topological polar surface area (TPSA) is 54.5 Å². The number of carbonyl (C=O) groups excluding carboxylic acids is 3. The van der Waals surface area contributed by atoms with Crippen molar-refractivity contribution in [3.8, 4) is 0 Å². The Morgan fingerprint density at radius 1 is 1.10 bits per heavy atom. The predicted octanol–water partition coefficient (Wildman–Crippen LogP) is 3.75. The number of amides is 2. The normalized spacial score (nSPS) is 13.7. The second kappa shape index (κ2) is 5.47. The summed E-state index contributed by atoms with van der Waals surface area (Å²) >= 11 is 7.97. The molecule has 0 aliphatic carbocycles. The Morgan fingerprint density at radius 3 is 2.14 bits per heavy atom. The third-order valence-electron chi connectivity index (χ3n) is 3.14. The number of carbonyl (C=O) groups is 3. The molecule has 0 fully saturated rings. The van der Waals surface area contributed by atoms with Gasteiger partial charge in [-0.1, -0.05) is 12.1 Å². The number of thiophene rings is 1. The Balaban J connectivity index is 1.87. The van der Waals surface area contributed by atoms with Crippen molar-refractivity contribution in [1.82, 2.24) is 4.90 Å². The van der Waals surface area contributed by atoms with Gasteiger partial charge in [0.2, 0.25) is 0 Å². The molecule has 1 aromatic heterocycles. The maximum absolute atomic E-state index is 12.3. The smallest absolute Gasteiger partial charge is 0.261 e. The first-order valence-corrected chi connectivity index (χ1v) is 8.32. The summed E-state index contributed by atoms with van der Waals surface area (Å²) in [6.07, 6.45) is 0. The molecule has 1 aliphatic heterocycles. The first-order valence-electron chi connectivity index (χ1n) is 5.92. The lowest BCUT2D eigenvalue weighted by molar-refractivity contribution is 0.0624. The van der Waals surface area contributed by atoms with Crippen molar-refractivity contribution in [3.05, 3.63) is 54.6 Å². The highest BCUT2D eigenvalue weighted by atomic mass is 79.9. The fourth-order valence-corrected chi connectivity index (χ4v) is 5.00. The molecule has 1 aromatic carbocycles. The molecule has 7 heteroatoms. The Labute approximate surface area is 141 Å². The summed E-state index contributed by atoms with van der Waals surface area (Å²) in [7, 11) is 0. The van der Waals surface area contributed by atoms with Crippen molar-refractivity contribution in [2.75, 3.05) is 6.54 Å². The lowest BCUT2D eigenvalue weighted by Crippen LogP contribution is -2.34. The number of fused-ring (bicyclic) bond motifs is 1. The van der Waals surface area contributed by atoms with Gasteiger partial charge in [-0.2, -0.15) is 0 Å². The zero-order valence-electron chi connectivity index (χ0n) is 10.4. The van der Waals surface area contributed by atoms with Crippen molar-refractivity contribution in [2.24, 2.45) is 0 Å². The maximum atomic E-state index is 12.3. The van der Waals surface area contributed by atoms with E-state index in [9.17, 15) is 14.4 Å². The van der Waals surface area contributed by atoms with Gasteiger partial charge >= 0.3 is 0 Å². The Hall–Kier alpha value is -1.31. The standard InChI is InChI=1S/C14H7Br2NO3S/c15-11-5-9(12(16)21-11)10(18)6-17-13(19)7-3-1-2-4-8(7)14(17)20/h1-5H,6H2. The van der Waals surface area contributed by atoms with E-state index in [0.29, 0.717) is 20.5 Å². The summed E-state index contributed by atoms with van der Waals surface area (Å²) in [5.74, 6) is -1.12. The lowest BCUT2D eigenvalue weighted by atomic mass is 10.1. The Kier molecular flexibility index (Phi) is 3.81. The second-order valence-electron chi connectivity index (χ2n) is 4.40. The molecule has 0 atom stereocenters.